The van der Waals surface area contributed by atoms with Crippen LogP contribution >= 0.6 is 0 Å². The fourth-order valence-corrected chi connectivity index (χ4v) is 1.43. The smallest absolute Gasteiger partial charge is 0.224 e. The highest BCUT2D eigenvalue weighted by molar-refractivity contribution is 5.90. The largest absolute Gasteiger partial charge is 0.326 e. The van der Waals surface area contributed by atoms with Crippen LogP contribution in [0.15, 0.2) is 35.4 Å². The van der Waals surface area contributed by atoms with E-state index in [2.05, 4.69) is 15.3 Å². The zero-order valence-electron chi connectivity index (χ0n) is 9.67. The number of unbranched alkanes of at least 4 members (excludes halogenated alkanes) is 2. The molecule has 1 N–H and O–H groups in total. The third-order valence-electron chi connectivity index (χ3n) is 2.28. The second-order valence-electron chi connectivity index (χ2n) is 3.68. The van der Waals surface area contributed by atoms with Crippen molar-refractivity contribution in [1.29, 1.82) is 0 Å². The summed E-state index contributed by atoms with van der Waals surface area (Å²) in [6, 6.07) is 9.40. The molecule has 17 heavy (non-hydrogen) atoms. The van der Waals surface area contributed by atoms with Gasteiger partial charge in [-0.1, -0.05) is 29.7 Å². The van der Waals surface area contributed by atoms with Crippen molar-refractivity contribution >= 4 is 11.6 Å². The van der Waals surface area contributed by atoms with E-state index in [9.17, 15) is 4.79 Å². The average molecular weight is 232 g/mol. The van der Waals surface area contributed by atoms with E-state index in [-0.39, 0.29) is 5.91 Å². The second kappa shape index (κ2) is 8.19. The van der Waals surface area contributed by atoms with E-state index in [1.54, 1.807) is 0 Å². The molecule has 0 saturated carbocycles. The normalized spacial score (nSPS) is 9.41. The molecule has 0 atom stereocenters. The van der Waals surface area contributed by atoms with Gasteiger partial charge in [-0.15, -0.1) is 0 Å². The first-order chi connectivity index (χ1) is 8.33. The van der Waals surface area contributed by atoms with Crippen LogP contribution in [0.4, 0.5) is 5.69 Å². The van der Waals surface area contributed by atoms with Gasteiger partial charge < -0.3 is 5.32 Å². The monoisotopic (exact) mass is 232 g/mol. The van der Waals surface area contributed by atoms with Gasteiger partial charge in [0.05, 0.1) is 0 Å². The van der Waals surface area contributed by atoms with Gasteiger partial charge in [0.15, 0.2) is 0 Å². The molecule has 5 nitrogen and oxygen atoms in total. The Hall–Kier alpha value is -2.00. The highest BCUT2D eigenvalue weighted by Crippen LogP contribution is 2.07. The van der Waals surface area contributed by atoms with E-state index in [1.807, 2.05) is 30.3 Å². The Bertz CT molecular complexity index is 385. The van der Waals surface area contributed by atoms with Crippen molar-refractivity contribution in [2.24, 2.45) is 5.11 Å². The van der Waals surface area contributed by atoms with Gasteiger partial charge in [0, 0.05) is 23.6 Å². The predicted molar refractivity (Wildman–Crippen MR) is 67.6 cm³/mol. The minimum Gasteiger partial charge on any atom is -0.326 e. The number of rotatable bonds is 7. The molecule has 1 aromatic carbocycles. The van der Waals surface area contributed by atoms with Crippen molar-refractivity contribution in [2.75, 3.05) is 11.9 Å². The molecule has 0 fully saturated rings. The Labute approximate surface area is 100 Å². The summed E-state index contributed by atoms with van der Waals surface area (Å²) >= 11 is 0. The van der Waals surface area contributed by atoms with Crippen LogP contribution in [0.2, 0.25) is 0 Å². The number of nitrogens with zero attached hydrogens (tertiary/aromatic N) is 3. The molecule has 0 aliphatic rings. The maximum Gasteiger partial charge on any atom is 0.224 e. The van der Waals surface area contributed by atoms with E-state index in [1.165, 1.54) is 0 Å². The number of para-hydroxylation sites is 1. The van der Waals surface area contributed by atoms with Crippen LogP contribution in [0.3, 0.4) is 0 Å². The SMILES string of the molecule is [N-]=[N+]=NCCCCCC(=O)Nc1ccccc1. The van der Waals surface area contributed by atoms with Gasteiger partial charge >= 0.3 is 0 Å². The highest BCUT2D eigenvalue weighted by atomic mass is 16.1. The van der Waals surface area contributed by atoms with Crippen molar-refractivity contribution in [3.8, 4) is 0 Å². The Morgan fingerprint density at radius 2 is 2.00 bits per heavy atom. The number of amides is 1. The van der Waals surface area contributed by atoms with E-state index in [0.29, 0.717) is 13.0 Å². The third kappa shape index (κ3) is 6.22. The van der Waals surface area contributed by atoms with Crippen LogP contribution in [-0.2, 0) is 4.79 Å². The van der Waals surface area contributed by atoms with Crippen molar-refractivity contribution in [3.05, 3.63) is 40.8 Å². The maximum atomic E-state index is 11.5. The molecular formula is C12H16N4O. The molecular weight excluding hydrogens is 216 g/mol. The van der Waals surface area contributed by atoms with Crippen LogP contribution in [-0.4, -0.2) is 12.5 Å². The Balaban J connectivity index is 2.11. The standard InChI is InChI=1S/C12H16N4O/c13-16-14-10-6-2-5-9-12(17)15-11-7-3-1-4-8-11/h1,3-4,7-8H,2,5-6,9-10H2,(H,15,17). The van der Waals surface area contributed by atoms with Crippen LogP contribution in [0.5, 0.6) is 0 Å². The van der Waals surface area contributed by atoms with Gasteiger partial charge in [-0.3, -0.25) is 4.79 Å². The van der Waals surface area contributed by atoms with Gasteiger partial charge in [0.25, 0.3) is 0 Å². The number of carbonyl (C=O) groups excluding carboxylic acids is 1. The number of hydrogen-bond acceptors (Lipinski definition) is 2. The molecule has 0 aliphatic heterocycles. The zero-order valence-corrected chi connectivity index (χ0v) is 9.67. The summed E-state index contributed by atoms with van der Waals surface area (Å²) in [7, 11) is 0. The van der Waals surface area contributed by atoms with E-state index in [4.69, 9.17) is 5.53 Å². The van der Waals surface area contributed by atoms with E-state index in [0.717, 1.165) is 24.9 Å². The highest BCUT2D eigenvalue weighted by Gasteiger charge is 2.00. The maximum absolute atomic E-state index is 11.5. The molecule has 5 heteroatoms. The van der Waals surface area contributed by atoms with E-state index >= 15 is 0 Å². The van der Waals surface area contributed by atoms with Crippen molar-refractivity contribution in [3.63, 3.8) is 0 Å². The first-order valence-electron chi connectivity index (χ1n) is 5.68. The van der Waals surface area contributed by atoms with E-state index < -0.39 is 0 Å². The number of hydrogen-bond donors (Lipinski definition) is 1. The summed E-state index contributed by atoms with van der Waals surface area (Å²) in [5.41, 5.74) is 8.89. The summed E-state index contributed by atoms with van der Waals surface area (Å²) in [4.78, 5) is 14.2. The average Bonchev–Trinajstić information content (AvgIpc) is 2.35. The molecule has 0 aliphatic carbocycles. The first-order valence-corrected chi connectivity index (χ1v) is 5.68. The lowest BCUT2D eigenvalue weighted by Gasteiger charge is -2.04. The Morgan fingerprint density at radius 1 is 1.24 bits per heavy atom. The fourth-order valence-electron chi connectivity index (χ4n) is 1.43. The van der Waals surface area contributed by atoms with Crippen LogP contribution in [0, 0.1) is 0 Å². The third-order valence-corrected chi connectivity index (χ3v) is 2.28. The molecule has 0 unspecified atom stereocenters. The number of benzene rings is 1. The van der Waals surface area contributed by atoms with Crippen LogP contribution in [0.1, 0.15) is 25.7 Å². The molecule has 1 rings (SSSR count). The lowest BCUT2D eigenvalue weighted by atomic mass is 10.2. The minimum absolute atomic E-state index is 0.0278. The van der Waals surface area contributed by atoms with Crippen LogP contribution in [0.25, 0.3) is 10.4 Å². The summed E-state index contributed by atoms with van der Waals surface area (Å²) in [5, 5.41) is 6.26. The summed E-state index contributed by atoms with van der Waals surface area (Å²) in [6.07, 6.45) is 3.06. The lowest BCUT2D eigenvalue weighted by Crippen LogP contribution is -2.10. The number of carbonyl (C=O) groups is 1. The Morgan fingerprint density at radius 3 is 2.71 bits per heavy atom. The van der Waals surface area contributed by atoms with Gasteiger partial charge in [0.2, 0.25) is 5.91 Å². The quantitative estimate of drug-likeness (QED) is 0.332. The predicted octanol–water partition coefficient (Wildman–Crippen LogP) is 3.50. The molecule has 1 aromatic rings. The van der Waals surface area contributed by atoms with Crippen molar-refractivity contribution in [2.45, 2.75) is 25.7 Å². The summed E-state index contributed by atoms with van der Waals surface area (Å²) < 4.78 is 0. The number of nitrogens with one attached hydrogen (secondary N) is 1. The molecule has 1 amide bonds. The zero-order chi connectivity index (χ0) is 12.3. The molecule has 0 saturated heterocycles. The molecule has 0 bridgehead atoms. The summed E-state index contributed by atoms with van der Waals surface area (Å²) in [5.74, 6) is 0.0278. The number of azide groups is 1. The van der Waals surface area contributed by atoms with Crippen molar-refractivity contribution in [1.82, 2.24) is 0 Å². The van der Waals surface area contributed by atoms with Gasteiger partial charge in [-0.25, -0.2) is 0 Å². The fraction of sp³-hybridized carbons (Fsp3) is 0.417. The first kappa shape index (κ1) is 13.1. The molecule has 0 heterocycles. The molecule has 90 valence electrons. The number of anilines is 1. The Kier molecular flexibility index (Phi) is 6.29. The topological polar surface area (TPSA) is 77.9 Å². The van der Waals surface area contributed by atoms with Crippen LogP contribution < -0.4 is 5.32 Å². The lowest BCUT2D eigenvalue weighted by molar-refractivity contribution is -0.116. The summed E-state index contributed by atoms with van der Waals surface area (Å²) in [6.45, 7) is 0.511. The second-order valence-corrected chi connectivity index (χ2v) is 3.68. The van der Waals surface area contributed by atoms with Crippen molar-refractivity contribution < 1.29 is 4.79 Å². The minimum atomic E-state index is 0.0278. The molecule has 0 aromatic heterocycles. The van der Waals surface area contributed by atoms with Gasteiger partial charge in [-0.2, -0.15) is 0 Å². The molecule has 0 spiro atoms. The van der Waals surface area contributed by atoms with Gasteiger partial charge in [-0.05, 0) is 30.5 Å². The van der Waals surface area contributed by atoms with Gasteiger partial charge in [0.1, 0.15) is 0 Å². The molecule has 0 radical (unpaired) electrons.